The number of aliphatic hydroxyl groups is 1. The number of aromatic nitrogens is 3. The number of rotatable bonds is 13. The van der Waals surface area contributed by atoms with Crippen molar-refractivity contribution >= 4 is 16.1 Å². The predicted molar refractivity (Wildman–Crippen MR) is 154 cm³/mol. The van der Waals surface area contributed by atoms with Gasteiger partial charge in [-0.3, -0.25) is 4.68 Å². The summed E-state index contributed by atoms with van der Waals surface area (Å²) >= 11 is 0. The second-order valence-corrected chi connectivity index (χ2v) is 12.7. The van der Waals surface area contributed by atoms with Crippen LogP contribution in [0.5, 0.6) is 0 Å². The molecular formula is C29H41N5O5S. The van der Waals surface area contributed by atoms with Gasteiger partial charge in [-0.05, 0) is 31.5 Å². The highest BCUT2D eigenvalue weighted by Crippen LogP contribution is 2.25. The van der Waals surface area contributed by atoms with Gasteiger partial charge < -0.3 is 15.2 Å². The number of carbonyl (C=O) groups excluding carboxylic acids is 1. The lowest BCUT2D eigenvalue weighted by Crippen LogP contribution is -2.50. The first-order valence-corrected chi connectivity index (χ1v) is 15.0. The van der Waals surface area contributed by atoms with Crippen molar-refractivity contribution in [3.8, 4) is 11.3 Å². The van der Waals surface area contributed by atoms with E-state index < -0.39 is 39.8 Å². The van der Waals surface area contributed by atoms with E-state index in [0.29, 0.717) is 13.0 Å². The summed E-state index contributed by atoms with van der Waals surface area (Å²) in [6.45, 7) is 10.0. The monoisotopic (exact) mass is 571 g/mol. The molecule has 40 heavy (non-hydrogen) atoms. The lowest BCUT2D eigenvalue weighted by Gasteiger charge is -2.31. The third-order valence-electron chi connectivity index (χ3n) is 6.59. The Morgan fingerprint density at radius 2 is 1.85 bits per heavy atom. The standard InChI is InChI=1S/C29H41N5O5S/c1-6-7-10-24(25(35)19-31-40(37,38)27-11-8-9-17-30-27)32-28(36)39-26(29(3,4)5)20-34-18-16-23(33-34)22-14-12-21(2)13-15-22/h8-9,11-18,24-26,31,35H,6-7,10,19-20H2,1-5H3,(H,32,36)/t24-,25-,26+/m0/s1. The van der Waals surface area contributed by atoms with Gasteiger partial charge in [-0.15, -0.1) is 0 Å². The molecule has 0 radical (unpaired) electrons. The zero-order valence-electron chi connectivity index (χ0n) is 23.9. The van der Waals surface area contributed by atoms with E-state index in [-0.39, 0.29) is 11.6 Å². The largest absolute Gasteiger partial charge is 0.444 e. The minimum atomic E-state index is -3.91. The molecule has 1 amide bonds. The van der Waals surface area contributed by atoms with Gasteiger partial charge in [0.05, 0.1) is 24.4 Å². The SMILES string of the molecule is CCCC[C@H](NC(=O)O[C@H](Cn1ccc(-c2ccc(C)cc2)n1)C(C)(C)C)[C@@H](O)CNS(=O)(=O)c1ccccn1. The summed E-state index contributed by atoms with van der Waals surface area (Å²) in [6, 6.07) is 13.9. The Kier molecular flexibility index (Phi) is 10.8. The number of pyridine rings is 1. The molecule has 218 valence electrons. The van der Waals surface area contributed by atoms with Crippen LogP contribution in [-0.4, -0.2) is 59.2 Å². The molecular weight excluding hydrogens is 530 g/mol. The minimum absolute atomic E-state index is 0.142. The molecule has 0 bridgehead atoms. The number of sulfonamides is 1. The molecule has 2 aromatic heterocycles. The summed E-state index contributed by atoms with van der Waals surface area (Å²) in [7, 11) is -3.91. The predicted octanol–water partition coefficient (Wildman–Crippen LogP) is 4.29. The van der Waals surface area contributed by atoms with Crippen LogP contribution in [0.25, 0.3) is 11.3 Å². The van der Waals surface area contributed by atoms with Crippen LogP contribution >= 0.6 is 0 Å². The molecule has 2 heterocycles. The van der Waals surface area contributed by atoms with Gasteiger partial charge in [0.15, 0.2) is 5.03 Å². The van der Waals surface area contributed by atoms with Crippen molar-refractivity contribution in [2.75, 3.05) is 6.54 Å². The van der Waals surface area contributed by atoms with Gasteiger partial charge in [-0.1, -0.05) is 76.4 Å². The van der Waals surface area contributed by atoms with Crippen molar-refractivity contribution in [2.45, 2.75) is 83.7 Å². The van der Waals surface area contributed by atoms with Crippen molar-refractivity contribution in [3.63, 3.8) is 0 Å². The smallest absolute Gasteiger partial charge is 0.407 e. The molecule has 0 saturated heterocycles. The number of aryl methyl sites for hydroxylation is 1. The number of unbranched alkanes of at least 4 members (excludes halogenated alkanes) is 1. The van der Waals surface area contributed by atoms with E-state index in [4.69, 9.17) is 4.74 Å². The normalized spacial score (nSPS) is 14.3. The number of aliphatic hydroxyl groups excluding tert-OH is 1. The lowest BCUT2D eigenvalue weighted by atomic mass is 9.89. The molecule has 10 nitrogen and oxygen atoms in total. The molecule has 0 spiro atoms. The highest BCUT2D eigenvalue weighted by atomic mass is 32.2. The average molecular weight is 572 g/mol. The molecule has 3 aromatic rings. The Labute approximate surface area is 237 Å². The zero-order valence-corrected chi connectivity index (χ0v) is 24.7. The number of carbonyl (C=O) groups is 1. The van der Waals surface area contributed by atoms with Crippen LogP contribution in [0.4, 0.5) is 4.79 Å². The Morgan fingerprint density at radius 1 is 1.12 bits per heavy atom. The minimum Gasteiger partial charge on any atom is -0.444 e. The van der Waals surface area contributed by atoms with Gasteiger partial charge in [-0.2, -0.15) is 5.10 Å². The Bertz CT molecular complexity index is 1320. The maximum absolute atomic E-state index is 13.0. The second-order valence-electron chi connectivity index (χ2n) is 11.0. The van der Waals surface area contributed by atoms with Gasteiger partial charge in [0.25, 0.3) is 10.0 Å². The zero-order chi connectivity index (χ0) is 29.3. The van der Waals surface area contributed by atoms with Crippen molar-refractivity contribution in [1.29, 1.82) is 0 Å². The van der Waals surface area contributed by atoms with Gasteiger partial charge in [0.2, 0.25) is 0 Å². The van der Waals surface area contributed by atoms with E-state index in [0.717, 1.165) is 24.1 Å². The van der Waals surface area contributed by atoms with Crippen LogP contribution in [0.2, 0.25) is 0 Å². The van der Waals surface area contributed by atoms with E-state index in [2.05, 4.69) is 20.1 Å². The van der Waals surface area contributed by atoms with Crippen LogP contribution in [0.15, 0.2) is 66.0 Å². The lowest BCUT2D eigenvalue weighted by molar-refractivity contribution is 0.0126. The number of hydrogen-bond donors (Lipinski definition) is 3. The number of nitrogens with zero attached hydrogens (tertiary/aromatic N) is 3. The number of alkyl carbamates (subject to hydrolysis) is 1. The molecule has 0 aliphatic carbocycles. The third-order valence-corrected chi connectivity index (χ3v) is 7.93. The highest BCUT2D eigenvalue weighted by Gasteiger charge is 2.31. The summed E-state index contributed by atoms with van der Waals surface area (Å²) < 4.78 is 35.0. The molecule has 11 heteroatoms. The van der Waals surface area contributed by atoms with Crippen molar-refractivity contribution in [3.05, 3.63) is 66.5 Å². The van der Waals surface area contributed by atoms with Gasteiger partial charge >= 0.3 is 6.09 Å². The molecule has 0 unspecified atom stereocenters. The van der Waals surface area contributed by atoms with E-state index in [1.807, 2.05) is 71.1 Å². The topological polar surface area (TPSA) is 135 Å². The fourth-order valence-electron chi connectivity index (χ4n) is 4.02. The molecule has 1 aromatic carbocycles. The Hall–Kier alpha value is -3.28. The van der Waals surface area contributed by atoms with E-state index in [1.165, 1.54) is 17.8 Å². The number of benzene rings is 1. The highest BCUT2D eigenvalue weighted by molar-refractivity contribution is 7.89. The maximum Gasteiger partial charge on any atom is 0.407 e. The first kappa shape index (κ1) is 31.3. The summed E-state index contributed by atoms with van der Waals surface area (Å²) in [5.41, 5.74) is 2.60. The Balaban J connectivity index is 1.65. The number of amides is 1. The summed E-state index contributed by atoms with van der Waals surface area (Å²) in [4.78, 5) is 16.9. The van der Waals surface area contributed by atoms with Gasteiger partial charge in [0.1, 0.15) is 6.10 Å². The quantitative estimate of drug-likeness (QED) is 0.278. The van der Waals surface area contributed by atoms with Crippen LogP contribution < -0.4 is 10.0 Å². The number of nitrogens with one attached hydrogen (secondary N) is 2. The summed E-state index contributed by atoms with van der Waals surface area (Å²) in [5.74, 6) is 0. The van der Waals surface area contributed by atoms with Crippen molar-refractivity contribution in [1.82, 2.24) is 24.8 Å². The van der Waals surface area contributed by atoms with E-state index >= 15 is 0 Å². The maximum atomic E-state index is 13.0. The van der Waals surface area contributed by atoms with Crippen LogP contribution in [0.1, 0.15) is 52.5 Å². The molecule has 3 N–H and O–H groups in total. The molecule has 0 saturated carbocycles. The van der Waals surface area contributed by atoms with Crippen LogP contribution in [-0.2, 0) is 21.3 Å². The van der Waals surface area contributed by atoms with Gasteiger partial charge in [-0.25, -0.2) is 22.9 Å². The molecule has 3 rings (SSSR count). The second kappa shape index (κ2) is 13.9. The average Bonchev–Trinajstić information content (AvgIpc) is 3.38. The number of ether oxygens (including phenoxy) is 1. The van der Waals surface area contributed by atoms with E-state index in [9.17, 15) is 18.3 Å². The summed E-state index contributed by atoms with van der Waals surface area (Å²) in [5, 5.41) is 18.1. The first-order valence-electron chi connectivity index (χ1n) is 13.6. The Morgan fingerprint density at radius 3 is 2.48 bits per heavy atom. The van der Waals surface area contributed by atoms with Crippen molar-refractivity contribution < 1.29 is 23.1 Å². The van der Waals surface area contributed by atoms with Crippen LogP contribution in [0.3, 0.4) is 0 Å². The summed E-state index contributed by atoms with van der Waals surface area (Å²) in [6.07, 6.45) is 2.88. The van der Waals surface area contributed by atoms with Crippen LogP contribution in [0, 0.1) is 12.3 Å². The van der Waals surface area contributed by atoms with Crippen molar-refractivity contribution in [2.24, 2.45) is 5.41 Å². The van der Waals surface area contributed by atoms with Gasteiger partial charge in [0, 0.05) is 29.9 Å². The third kappa shape index (κ3) is 9.14. The molecule has 0 aliphatic heterocycles. The molecule has 0 aliphatic rings. The van der Waals surface area contributed by atoms with E-state index in [1.54, 1.807) is 16.8 Å². The number of hydrogen-bond acceptors (Lipinski definition) is 7. The molecule has 0 fully saturated rings. The fourth-order valence-corrected chi connectivity index (χ4v) is 5.01. The first-order chi connectivity index (χ1) is 18.9. The molecule has 3 atom stereocenters. The fraction of sp³-hybridized carbons (Fsp3) is 0.483.